The summed E-state index contributed by atoms with van der Waals surface area (Å²) in [6, 6.07) is 4.23. The van der Waals surface area contributed by atoms with E-state index in [2.05, 4.69) is 39.1 Å². The van der Waals surface area contributed by atoms with E-state index in [1.54, 1.807) is 7.11 Å². The van der Waals surface area contributed by atoms with Crippen LogP contribution in [0.4, 0.5) is 0 Å². The van der Waals surface area contributed by atoms with Crippen molar-refractivity contribution in [3.05, 3.63) is 29.0 Å². The monoisotopic (exact) mass is 275 g/mol. The van der Waals surface area contributed by atoms with E-state index in [1.165, 1.54) is 16.5 Å². The first kappa shape index (κ1) is 14.9. The Labute approximate surface area is 121 Å². The van der Waals surface area contributed by atoms with E-state index < -0.39 is 0 Å². The molecule has 1 N–H and O–H groups in total. The Balaban J connectivity index is 2.58. The number of hydrogen-bond acceptors (Lipinski definition) is 3. The number of aryl methyl sites for hydroxylation is 1. The van der Waals surface area contributed by atoms with Gasteiger partial charge in [-0.25, -0.2) is 0 Å². The fourth-order valence-electron chi connectivity index (χ4n) is 2.57. The van der Waals surface area contributed by atoms with Gasteiger partial charge in [-0.15, -0.1) is 0 Å². The van der Waals surface area contributed by atoms with E-state index in [0.717, 1.165) is 36.6 Å². The lowest BCUT2D eigenvalue weighted by Gasteiger charge is -2.07. The topological polar surface area (TPSA) is 34.4 Å². The first-order chi connectivity index (χ1) is 9.56. The van der Waals surface area contributed by atoms with Gasteiger partial charge in [-0.2, -0.15) is 0 Å². The van der Waals surface area contributed by atoms with Crippen molar-refractivity contribution in [1.29, 1.82) is 0 Å². The van der Waals surface area contributed by atoms with Gasteiger partial charge < -0.3 is 14.5 Å². The van der Waals surface area contributed by atoms with Gasteiger partial charge in [-0.1, -0.05) is 20.8 Å². The fraction of sp³-hybridized carbons (Fsp3) is 0.529. The smallest absolute Gasteiger partial charge is 0.176 e. The third-order valence-corrected chi connectivity index (χ3v) is 3.45. The molecule has 110 valence electrons. The van der Waals surface area contributed by atoms with Crippen molar-refractivity contribution in [1.82, 2.24) is 5.32 Å². The maximum absolute atomic E-state index is 6.09. The molecular formula is C17H25NO2. The Morgan fingerprint density at radius 1 is 1.30 bits per heavy atom. The Morgan fingerprint density at radius 2 is 2.05 bits per heavy atom. The van der Waals surface area contributed by atoms with Crippen molar-refractivity contribution in [3.63, 3.8) is 0 Å². The van der Waals surface area contributed by atoms with Crippen LogP contribution < -0.4 is 10.1 Å². The Bertz CT molecular complexity index is 584. The van der Waals surface area contributed by atoms with Gasteiger partial charge in [0.2, 0.25) is 0 Å². The van der Waals surface area contributed by atoms with Gasteiger partial charge in [-0.3, -0.25) is 0 Å². The maximum Gasteiger partial charge on any atom is 0.176 e. The highest BCUT2D eigenvalue weighted by Crippen LogP contribution is 2.35. The van der Waals surface area contributed by atoms with Gasteiger partial charge >= 0.3 is 0 Å². The molecule has 0 aliphatic carbocycles. The highest BCUT2D eigenvalue weighted by atomic mass is 16.5. The lowest BCUT2D eigenvalue weighted by atomic mass is 9.98. The second-order valence-corrected chi connectivity index (χ2v) is 5.73. The van der Waals surface area contributed by atoms with Gasteiger partial charge in [0, 0.05) is 10.9 Å². The lowest BCUT2D eigenvalue weighted by Crippen LogP contribution is -2.12. The molecule has 0 aliphatic rings. The van der Waals surface area contributed by atoms with Gasteiger partial charge in [0.25, 0.3) is 0 Å². The zero-order chi connectivity index (χ0) is 14.7. The summed E-state index contributed by atoms with van der Waals surface area (Å²) in [6.45, 7) is 10.4. The third-order valence-electron chi connectivity index (χ3n) is 3.45. The third kappa shape index (κ3) is 2.98. The molecule has 2 aromatic rings. The van der Waals surface area contributed by atoms with Crippen LogP contribution in [0.25, 0.3) is 11.0 Å². The number of methoxy groups -OCH3 is 1. The molecule has 0 unspecified atom stereocenters. The van der Waals surface area contributed by atoms with E-state index >= 15 is 0 Å². The van der Waals surface area contributed by atoms with Crippen molar-refractivity contribution < 1.29 is 9.15 Å². The summed E-state index contributed by atoms with van der Waals surface area (Å²) in [6.07, 6.45) is 1.03. The Hall–Kier alpha value is -1.48. The van der Waals surface area contributed by atoms with Crippen LogP contribution in [0.5, 0.6) is 5.75 Å². The van der Waals surface area contributed by atoms with Crippen LogP contribution in [0, 0.1) is 12.8 Å². The molecule has 1 aromatic carbocycles. The molecule has 0 radical (unpaired) electrons. The molecule has 0 saturated carbocycles. The van der Waals surface area contributed by atoms with Crippen LogP contribution >= 0.6 is 0 Å². The lowest BCUT2D eigenvalue weighted by molar-refractivity contribution is 0.405. The number of furan rings is 1. The summed E-state index contributed by atoms with van der Waals surface area (Å²) in [5, 5.41) is 4.55. The van der Waals surface area contributed by atoms with Crippen LogP contribution in [-0.2, 0) is 13.0 Å². The van der Waals surface area contributed by atoms with Crippen molar-refractivity contribution >= 4 is 11.0 Å². The average molecular weight is 275 g/mol. The van der Waals surface area contributed by atoms with Gasteiger partial charge in [0.05, 0.1) is 13.7 Å². The summed E-state index contributed by atoms with van der Waals surface area (Å²) >= 11 is 0. The van der Waals surface area contributed by atoms with Gasteiger partial charge in [0.1, 0.15) is 5.76 Å². The molecule has 0 atom stereocenters. The number of nitrogens with one attached hydrogen (secondary N) is 1. The molecule has 0 spiro atoms. The fourth-order valence-corrected chi connectivity index (χ4v) is 2.57. The SMILES string of the molecule is CCNCc1oc2c(OC)cc(C)cc2c1CC(C)C. The van der Waals surface area contributed by atoms with Crippen LogP contribution in [-0.4, -0.2) is 13.7 Å². The quantitative estimate of drug-likeness (QED) is 0.863. The van der Waals surface area contributed by atoms with Crippen molar-refractivity contribution in [3.8, 4) is 5.75 Å². The van der Waals surface area contributed by atoms with Gasteiger partial charge in [0.15, 0.2) is 11.3 Å². The molecule has 20 heavy (non-hydrogen) atoms. The van der Waals surface area contributed by atoms with Crippen LogP contribution in [0.1, 0.15) is 37.7 Å². The zero-order valence-corrected chi connectivity index (χ0v) is 13.2. The highest BCUT2D eigenvalue weighted by Gasteiger charge is 2.18. The normalized spacial score (nSPS) is 11.5. The van der Waals surface area contributed by atoms with Crippen molar-refractivity contribution in [2.75, 3.05) is 13.7 Å². The van der Waals surface area contributed by atoms with Crippen LogP contribution in [0.15, 0.2) is 16.5 Å². The van der Waals surface area contributed by atoms with Crippen molar-refractivity contribution in [2.24, 2.45) is 5.92 Å². The van der Waals surface area contributed by atoms with E-state index in [9.17, 15) is 0 Å². The van der Waals surface area contributed by atoms with Crippen molar-refractivity contribution in [2.45, 2.75) is 40.7 Å². The van der Waals surface area contributed by atoms with E-state index in [1.807, 2.05) is 6.07 Å². The molecule has 0 aliphatic heterocycles. The van der Waals surface area contributed by atoms with Crippen LogP contribution in [0.3, 0.4) is 0 Å². The molecule has 0 bridgehead atoms. The zero-order valence-electron chi connectivity index (χ0n) is 13.2. The summed E-state index contributed by atoms with van der Waals surface area (Å²) < 4.78 is 11.6. The molecule has 2 rings (SSSR count). The predicted molar refractivity (Wildman–Crippen MR) is 83.4 cm³/mol. The standard InChI is InChI=1S/C17H25NO2/c1-6-18-10-16-13(7-11(2)3)14-8-12(4)9-15(19-5)17(14)20-16/h8-9,11,18H,6-7,10H2,1-5H3. The largest absolute Gasteiger partial charge is 0.493 e. The van der Waals surface area contributed by atoms with E-state index in [-0.39, 0.29) is 0 Å². The number of benzene rings is 1. The summed E-state index contributed by atoms with van der Waals surface area (Å²) in [5.74, 6) is 2.47. The first-order valence-electron chi connectivity index (χ1n) is 7.36. The Morgan fingerprint density at radius 3 is 2.65 bits per heavy atom. The second kappa shape index (κ2) is 6.31. The predicted octanol–water partition coefficient (Wildman–Crippen LogP) is 4.06. The molecular weight excluding hydrogens is 250 g/mol. The molecule has 0 saturated heterocycles. The number of rotatable bonds is 6. The molecule has 0 fully saturated rings. The molecule has 1 heterocycles. The van der Waals surface area contributed by atoms with Gasteiger partial charge in [-0.05, 0) is 43.5 Å². The molecule has 0 amide bonds. The number of ether oxygens (including phenoxy) is 1. The average Bonchev–Trinajstić information content (AvgIpc) is 2.73. The molecule has 3 nitrogen and oxygen atoms in total. The summed E-state index contributed by atoms with van der Waals surface area (Å²) in [7, 11) is 1.70. The van der Waals surface area contributed by atoms with E-state index in [4.69, 9.17) is 9.15 Å². The molecule has 1 aromatic heterocycles. The minimum absolute atomic E-state index is 0.600. The summed E-state index contributed by atoms with van der Waals surface area (Å²) in [5.41, 5.74) is 3.40. The van der Waals surface area contributed by atoms with E-state index in [0.29, 0.717) is 5.92 Å². The number of hydrogen-bond donors (Lipinski definition) is 1. The maximum atomic E-state index is 6.09. The van der Waals surface area contributed by atoms with Crippen LogP contribution in [0.2, 0.25) is 0 Å². The molecule has 3 heteroatoms. The highest BCUT2D eigenvalue weighted by molar-refractivity contribution is 5.88. The second-order valence-electron chi connectivity index (χ2n) is 5.73. The minimum Gasteiger partial charge on any atom is -0.493 e. The number of fused-ring (bicyclic) bond motifs is 1. The summed E-state index contributed by atoms with van der Waals surface area (Å²) in [4.78, 5) is 0. The minimum atomic E-state index is 0.600. The first-order valence-corrected chi connectivity index (χ1v) is 7.36. The Kier molecular flexibility index (Phi) is 4.71.